The van der Waals surface area contributed by atoms with Crippen LogP contribution in [0.5, 0.6) is 0 Å². The summed E-state index contributed by atoms with van der Waals surface area (Å²) in [5.74, 6) is -0.0827. The van der Waals surface area contributed by atoms with E-state index in [9.17, 15) is 18.0 Å². The fraction of sp³-hybridized carbons (Fsp3) is 0.333. The van der Waals surface area contributed by atoms with Gasteiger partial charge in [0.15, 0.2) is 0 Å². The standard InChI is InChI=1S/C21H23N3O4S/c1-29(27,28)24-11-9-16-13-17(7-8-19(16)24)21(26)22-18-5-2-4-15(12-18)14-23-10-3-6-20(23)25/h2,4-5,7-8,12-13H,3,6,9-11,14H2,1H3,(H,22,26). The minimum Gasteiger partial charge on any atom is -0.338 e. The summed E-state index contributed by atoms with van der Waals surface area (Å²) >= 11 is 0. The van der Waals surface area contributed by atoms with Gasteiger partial charge in [-0.2, -0.15) is 0 Å². The lowest BCUT2D eigenvalue weighted by molar-refractivity contribution is -0.128. The van der Waals surface area contributed by atoms with E-state index < -0.39 is 10.0 Å². The van der Waals surface area contributed by atoms with E-state index in [-0.39, 0.29) is 11.8 Å². The van der Waals surface area contributed by atoms with E-state index in [2.05, 4.69) is 5.32 Å². The highest BCUT2D eigenvalue weighted by Crippen LogP contribution is 2.31. The second-order valence-electron chi connectivity index (χ2n) is 7.50. The first-order valence-corrected chi connectivity index (χ1v) is 11.4. The molecule has 2 heterocycles. The fourth-order valence-electron chi connectivity index (χ4n) is 3.90. The van der Waals surface area contributed by atoms with Crippen LogP contribution in [-0.2, 0) is 27.8 Å². The van der Waals surface area contributed by atoms with Crippen molar-refractivity contribution in [2.45, 2.75) is 25.8 Å². The Morgan fingerprint density at radius 3 is 2.66 bits per heavy atom. The van der Waals surface area contributed by atoms with Crippen molar-refractivity contribution in [2.75, 3.05) is 29.0 Å². The molecule has 0 bridgehead atoms. The van der Waals surface area contributed by atoms with E-state index in [1.165, 1.54) is 10.6 Å². The second kappa shape index (κ2) is 7.51. The van der Waals surface area contributed by atoms with Crippen LogP contribution in [0.4, 0.5) is 11.4 Å². The Balaban J connectivity index is 1.47. The molecule has 0 aromatic heterocycles. The van der Waals surface area contributed by atoms with Crippen LogP contribution in [-0.4, -0.2) is 44.5 Å². The predicted molar refractivity (Wildman–Crippen MR) is 111 cm³/mol. The summed E-state index contributed by atoms with van der Waals surface area (Å²) in [4.78, 5) is 26.3. The number of rotatable bonds is 5. The first-order chi connectivity index (χ1) is 13.8. The fourth-order valence-corrected chi connectivity index (χ4v) is 4.86. The van der Waals surface area contributed by atoms with Crippen molar-refractivity contribution in [3.8, 4) is 0 Å². The topological polar surface area (TPSA) is 86.8 Å². The maximum Gasteiger partial charge on any atom is 0.255 e. The molecule has 2 aliphatic heterocycles. The van der Waals surface area contributed by atoms with E-state index in [4.69, 9.17) is 0 Å². The van der Waals surface area contributed by atoms with Crippen LogP contribution < -0.4 is 9.62 Å². The second-order valence-corrected chi connectivity index (χ2v) is 9.41. The number of carbonyl (C=O) groups is 2. The van der Waals surface area contributed by atoms with Crippen LogP contribution in [0.1, 0.15) is 34.3 Å². The van der Waals surface area contributed by atoms with Gasteiger partial charge < -0.3 is 10.2 Å². The average Bonchev–Trinajstić information content (AvgIpc) is 3.27. The van der Waals surface area contributed by atoms with Gasteiger partial charge in [0.2, 0.25) is 15.9 Å². The molecule has 0 radical (unpaired) electrons. The predicted octanol–water partition coefficient (Wildman–Crippen LogP) is 2.38. The lowest BCUT2D eigenvalue weighted by Gasteiger charge is -2.17. The summed E-state index contributed by atoms with van der Waals surface area (Å²) in [6, 6.07) is 12.6. The third kappa shape index (κ3) is 4.12. The van der Waals surface area contributed by atoms with Crippen LogP contribution in [0, 0.1) is 0 Å². The molecule has 1 fully saturated rings. The van der Waals surface area contributed by atoms with Crippen molar-refractivity contribution in [2.24, 2.45) is 0 Å². The van der Waals surface area contributed by atoms with Gasteiger partial charge >= 0.3 is 0 Å². The summed E-state index contributed by atoms with van der Waals surface area (Å²) in [6.07, 6.45) is 3.27. The van der Waals surface area contributed by atoms with Crippen molar-refractivity contribution >= 4 is 33.2 Å². The molecule has 0 spiro atoms. The molecule has 2 amide bonds. The van der Waals surface area contributed by atoms with Gasteiger partial charge in [0, 0.05) is 37.3 Å². The SMILES string of the molecule is CS(=O)(=O)N1CCc2cc(C(=O)Nc3cccc(CN4CCCC4=O)c3)ccc21. The van der Waals surface area contributed by atoms with Crippen molar-refractivity contribution in [1.29, 1.82) is 0 Å². The highest BCUT2D eigenvalue weighted by molar-refractivity contribution is 7.92. The molecule has 152 valence electrons. The zero-order valence-electron chi connectivity index (χ0n) is 16.2. The molecule has 0 saturated carbocycles. The first kappa shape index (κ1) is 19.4. The van der Waals surface area contributed by atoms with Crippen molar-refractivity contribution in [1.82, 2.24) is 4.90 Å². The number of benzene rings is 2. The molecule has 7 nitrogen and oxygen atoms in total. The number of hydrogen-bond acceptors (Lipinski definition) is 4. The van der Waals surface area contributed by atoms with Gasteiger partial charge in [-0.25, -0.2) is 8.42 Å². The summed E-state index contributed by atoms with van der Waals surface area (Å²) in [7, 11) is -3.31. The first-order valence-electron chi connectivity index (χ1n) is 9.60. The van der Waals surface area contributed by atoms with E-state index in [0.29, 0.717) is 42.9 Å². The van der Waals surface area contributed by atoms with Gasteiger partial charge in [-0.1, -0.05) is 12.1 Å². The van der Waals surface area contributed by atoms with Crippen molar-refractivity contribution in [3.63, 3.8) is 0 Å². The Morgan fingerprint density at radius 1 is 1.10 bits per heavy atom. The Kier molecular flexibility index (Phi) is 5.04. The van der Waals surface area contributed by atoms with Gasteiger partial charge in [-0.3, -0.25) is 13.9 Å². The highest BCUT2D eigenvalue weighted by Gasteiger charge is 2.27. The molecule has 2 aromatic rings. The smallest absolute Gasteiger partial charge is 0.255 e. The highest BCUT2D eigenvalue weighted by atomic mass is 32.2. The van der Waals surface area contributed by atoms with Gasteiger partial charge in [-0.15, -0.1) is 0 Å². The molecule has 4 rings (SSSR count). The lowest BCUT2D eigenvalue weighted by atomic mass is 10.1. The third-order valence-corrected chi connectivity index (χ3v) is 6.50. The maximum absolute atomic E-state index is 12.7. The van der Waals surface area contributed by atoms with Crippen molar-refractivity contribution in [3.05, 3.63) is 59.2 Å². The van der Waals surface area contributed by atoms with Gasteiger partial charge in [0.1, 0.15) is 0 Å². The third-order valence-electron chi connectivity index (χ3n) is 5.32. The van der Waals surface area contributed by atoms with Crippen LogP contribution in [0.3, 0.4) is 0 Å². The van der Waals surface area contributed by atoms with Gasteiger partial charge in [-0.05, 0) is 54.3 Å². The number of likely N-dealkylation sites (tertiary alicyclic amines) is 1. The minimum absolute atomic E-state index is 0.167. The van der Waals surface area contributed by atoms with Crippen molar-refractivity contribution < 1.29 is 18.0 Å². The number of nitrogens with zero attached hydrogens (tertiary/aromatic N) is 2. The molecular formula is C21H23N3O4S. The van der Waals surface area contributed by atoms with E-state index in [1.807, 2.05) is 29.2 Å². The molecule has 1 saturated heterocycles. The monoisotopic (exact) mass is 413 g/mol. The number of carbonyl (C=O) groups excluding carboxylic acids is 2. The zero-order valence-corrected chi connectivity index (χ0v) is 17.0. The lowest BCUT2D eigenvalue weighted by Crippen LogP contribution is -2.27. The maximum atomic E-state index is 12.7. The van der Waals surface area contributed by atoms with Crippen LogP contribution in [0.15, 0.2) is 42.5 Å². The quantitative estimate of drug-likeness (QED) is 0.815. The molecule has 0 unspecified atom stereocenters. The van der Waals surface area contributed by atoms with Crippen LogP contribution >= 0.6 is 0 Å². The van der Waals surface area contributed by atoms with E-state index in [1.54, 1.807) is 18.2 Å². The summed E-state index contributed by atoms with van der Waals surface area (Å²) in [6.45, 7) is 1.72. The summed E-state index contributed by atoms with van der Waals surface area (Å²) < 4.78 is 25.1. The summed E-state index contributed by atoms with van der Waals surface area (Å²) in [5.41, 5.74) is 3.61. The number of nitrogens with one attached hydrogen (secondary N) is 1. The Labute approximate surface area is 170 Å². The molecular weight excluding hydrogens is 390 g/mol. The molecule has 29 heavy (non-hydrogen) atoms. The number of sulfonamides is 1. The number of anilines is 2. The molecule has 0 aliphatic carbocycles. The van der Waals surface area contributed by atoms with Crippen LogP contribution in [0.2, 0.25) is 0 Å². The molecule has 1 N–H and O–H groups in total. The number of hydrogen-bond donors (Lipinski definition) is 1. The largest absolute Gasteiger partial charge is 0.338 e. The molecule has 0 atom stereocenters. The Bertz CT molecular complexity index is 1080. The van der Waals surface area contributed by atoms with Gasteiger partial charge in [0.05, 0.1) is 11.9 Å². The van der Waals surface area contributed by atoms with E-state index in [0.717, 1.165) is 24.1 Å². The minimum atomic E-state index is -3.31. The van der Waals surface area contributed by atoms with E-state index >= 15 is 0 Å². The normalized spacial score (nSPS) is 16.2. The van der Waals surface area contributed by atoms with Gasteiger partial charge in [0.25, 0.3) is 5.91 Å². The van der Waals surface area contributed by atoms with Crippen LogP contribution in [0.25, 0.3) is 0 Å². The summed E-state index contributed by atoms with van der Waals surface area (Å²) in [5, 5.41) is 2.89. The number of fused-ring (bicyclic) bond motifs is 1. The average molecular weight is 413 g/mol. The Morgan fingerprint density at radius 2 is 1.93 bits per heavy atom. The zero-order chi connectivity index (χ0) is 20.6. The Hall–Kier alpha value is -2.87. The molecule has 8 heteroatoms. The molecule has 2 aromatic carbocycles. The molecule has 2 aliphatic rings. The number of amides is 2.